The molecule has 0 radical (unpaired) electrons. The van der Waals surface area contributed by atoms with Crippen molar-refractivity contribution in [2.75, 3.05) is 6.54 Å². The molecule has 0 fully saturated rings. The highest BCUT2D eigenvalue weighted by atomic mass is 32.2. The van der Waals surface area contributed by atoms with Crippen molar-refractivity contribution in [2.24, 2.45) is 0 Å². The highest BCUT2D eigenvalue weighted by molar-refractivity contribution is 8.07. The normalized spacial score (nSPS) is 15.2. The summed E-state index contributed by atoms with van der Waals surface area (Å²) in [7, 11) is 0. The fourth-order valence-corrected chi connectivity index (χ4v) is 1.91. The van der Waals surface area contributed by atoms with Crippen molar-refractivity contribution in [3.63, 3.8) is 0 Å². The van der Waals surface area contributed by atoms with Crippen molar-refractivity contribution < 1.29 is 9.53 Å². The smallest absolute Gasteiger partial charge is 0.407 e. The molecular weight excluding hydrogens is 248 g/mol. The van der Waals surface area contributed by atoms with Crippen LogP contribution < -0.4 is 5.32 Å². The largest absolute Gasteiger partial charge is 0.444 e. The van der Waals surface area contributed by atoms with Gasteiger partial charge >= 0.3 is 6.09 Å². The van der Waals surface area contributed by atoms with E-state index < -0.39 is 11.7 Å². The SMILES string of the molecule is CC(C)(C)OC(=O)NCC1=CC=C(SC#N)CC1. The summed E-state index contributed by atoms with van der Waals surface area (Å²) < 4.78 is 5.15. The maximum absolute atomic E-state index is 11.4. The number of thiocyanates is 1. The maximum atomic E-state index is 11.4. The molecule has 1 rings (SSSR count). The molecule has 0 aromatic heterocycles. The van der Waals surface area contributed by atoms with Crippen molar-refractivity contribution in [1.29, 1.82) is 5.26 Å². The maximum Gasteiger partial charge on any atom is 0.407 e. The number of nitriles is 1. The van der Waals surface area contributed by atoms with Gasteiger partial charge < -0.3 is 10.1 Å². The molecule has 1 amide bonds. The van der Waals surface area contributed by atoms with Gasteiger partial charge in [-0.05, 0) is 45.4 Å². The van der Waals surface area contributed by atoms with Crippen LogP contribution in [-0.4, -0.2) is 18.2 Å². The van der Waals surface area contributed by atoms with E-state index in [1.807, 2.05) is 32.9 Å². The third-order valence-corrected chi connectivity index (χ3v) is 2.93. The third kappa shape index (κ3) is 5.78. The lowest BCUT2D eigenvalue weighted by Crippen LogP contribution is -2.33. The number of ether oxygens (including phenoxy) is 1. The quantitative estimate of drug-likeness (QED) is 0.796. The first kappa shape index (κ1) is 14.7. The minimum Gasteiger partial charge on any atom is -0.444 e. The predicted molar refractivity (Wildman–Crippen MR) is 72.8 cm³/mol. The summed E-state index contributed by atoms with van der Waals surface area (Å²) in [6.07, 6.45) is 5.23. The fourth-order valence-electron chi connectivity index (χ4n) is 1.45. The highest BCUT2D eigenvalue weighted by Crippen LogP contribution is 2.26. The molecule has 1 aliphatic rings. The second-order valence-corrected chi connectivity index (χ2v) is 5.92. The van der Waals surface area contributed by atoms with Crippen molar-refractivity contribution in [3.05, 3.63) is 22.6 Å². The van der Waals surface area contributed by atoms with Gasteiger partial charge in [-0.1, -0.05) is 17.7 Å². The lowest BCUT2D eigenvalue weighted by atomic mass is 10.1. The Bertz CT molecular complexity index is 414. The molecule has 98 valence electrons. The molecule has 0 unspecified atom stereocenters. The van der Waals surface area contributed by atoms with E-state index in [1.165, 1.54) is 11.8 Å². The van der Waals surface area contributed by atoms with Gasteiger partial charge in [0.2, 0.25) is 0 Å². The van der Waals surface area contributed by atoms with Gasteiger partial charge in [0, 0.05) is 11.4 Å². The highest BCUT2D eigenvalue weighted by Gasteiger charge is 2.16. The van der Waals surface area contributed by atoms with E-state index in [0.717, 1.165) is 23.3 Å². The van der Waals surface area contributed by atoms with Gasteiger partial charge in [0.1, 0.15) is 11.0 Å². The van der Waals surface area contributed by atoms with E-state index in [0.29, 0.717) is 6.54 Å². The van der Waals surface area contributed by atoms with Gasteiger partial charge in [0.25, 0.3) is 0 Å². The summed E-state index contributed by atoms with van der Waals surface area (Å²) in [5.41, 5.74) is 0.671. The molecule has 0 atom stereocenters. The van der Waals surface area contributed by atoms with Gasteiger partial charge in [0.15, 0.2) is 0 Å². The number of hydrogen-bond donors (Lipinski definition) is 1. The van der Waals surface area contributed by atoms with Crippen molar-refractivity contribution >= 4 is 17.9 Å². The van der Waals surface area contributed by atoms with Crippen molar-refractivity contribution in [2.45, 2.75) is 39.2 Å². The number of rotatable bonds is 3. The number of carbonyl (C=O) groups excluding carboxylic acids is 1. The standard InChI is InChI=1S/C13H18N2O2S/c1-13(2,3)17-12(16)15-8-10-4-6-11(7-5-10)18-9-14/h4,6H,5,7-8H2,1-3H3,(H,15,16). The van der Waals surface area contributed by atoms with Crippen LogP contribution in [0.4, 0.5) is 4.79 Å². The second kappa shape index (κ2) is 6.50. The van der Waals surface area contributed by atoms with E-state index in [4.69, 9.17) is 10.00 Å². The zero-order valence-corrected chi connectivity index (χ0v) is 11.8. The topological polar surface area (TPSA) is 62.1 Å². The van der Waals surface area contributed by atoms with Gasteiger partial charge in [-0.3, -0.25) is 0 Å². The minimum atomic E-state index is -0.471. The molecule has 0 saturated carbocycles. The average Bonchev–Trinajstić information content (AvgIpc) is 2.26. The number of carbonyl (C=O) groups is 1. The molecule has 0 saturated heterocycles. The summed E-state index contributed by atoms with van der Waals surface area (Å²) in [4.78, 5) is 12.5. The lowest BCUT2D eigenvalue weighted by molar-refractivity contribution is 0.0532. The Balaban J connectivity index is 2.37. The molecule has 1 N–H and O–H groups in total. The summed E-state index contributed by atoms with van der Waals surface area (Å²) >= 11 is 1.20. The van der Waals surface area contributed by atoms with Gasteiger partial charge in [0.05, 0.1) is 0 Å². The van der Waals surface area contributed by atoms with Gasteiger partial charge in [-0.2, -0.15) is 5.26 Å². The first-order valence-electron chi connectivity index (χ1n) is 5.82. The van der Waals surface area contributed by atoms with E-state index in [9.17, 15) is 4.79 Å². The molecule has 0 aromatic rings. The molecule has 1 aliphatic carbocycles. The number of nitrogens with one attached hydrogen (secondary N) is 1. The Morgan fingerprint density at radius 2 is 2.22 bits per heavy atom. The number of nitrogens with zero attached hydrogens (tertiary/aromatic N) is 1. The van der Waals surface area contributed by atoms with E-state index in [2.05, 4.69) is 10.7 Å². The zero-order valence-electron chi connectivity index (χ0n) is 10.9. The van der Waals surface area contributed by atoms with Crippen LogP contribution in [0.25, 0.3) is 0 Å². The average molecular weight is 266 g/mol. The number of amides is 1. The van der Waals surface area contributed by atoms with Crippen LogP contribution in [0.1, 0.15) is 33.6 Å². The Labute approximate surface area is 112 Å². The van der Waals surface area contributed by atoms with E-state index in [-0.39, 0.29) is 0 Å². The summed E-state index contributed by atoms with van der Waals surface area (Å²) in [5, 5.41) is 13.3. The number of hydrogen-bond acceptors (Lipinski definition) is 4. The zero-order chi connectivity index (χ0) is 13.6. The van der Waals surface area contributed by atoms with Crippen LogP contribution in [0.2, 0.25) is 0 Å². The van der Waals surface area contributed by atoms with Crippen LogP contribution in [0.5, 0.6) is 0 Å². The molecule has 0 aromatic carbocycles. The molecule has 4 nitrogen and oxygen atoms in total. The molecule has 5 heteroatoms. The number of alkyl carbamates (subject to hydrolysis) is 1. The van der Waals surface area contributed by atoms with Crippen LogP contribution in [0.3, 0.4) is 0 Å². The summed E-state index contributed by atoms with van der Waals surface area (Å²) in [6.45, 7) is 6.00. The first-order valence-corrected chi connectivity index (χ1v) is 6.64. The molecule has 0 aliphatic heterocycles. The van der Waals surface area contributed by atoms with Gasteiger partial charge in [-0.15, -0.1) is 0 Å². The molecule has 0 heterocycles. The monoisotopic (exact) mass is 266 g/mol. The van der Waals surface area contributed by atoms with Crippen LogP contribution in [-0.2, 0) is 4.74 Å². The van der Waals surface area contributed by atoms with Crippen LogP contribution in [0, 0.1) is 10.7 Å². The van der Waals surface area contributed by atoms with E-state index in [1.54, 1.807) is 0 Å². The van der Waals surface area contributed by atoms with Crippen LogP contribution >= 0.6 is 11.8 Å². The van der Waals surface area contributed by atoms with Crippen LogP contribution in [0.15, 0.2) is 22.6 Å². The number of allylic oxidation sites excluding steroid dienone is 3. The molecule has 0 spiro atoms. The molecular formula is C13H18N2O2S. The molecule has 0 bridgehead atoms. The predicted octanol–water partition coefficient (Wildman–Crippen LogP) is 3.33. The molecule has 18 heavy (non-hydrogen) atoms. The van der Waals surface area contributed by atoms with Crippen molar-refractivity contribution in [1.82, 2.24) is 5.32 Å². The minimum absolute atomic E-state index is 0.399. The number of thioether (sulfide) groups is 1. The Kier molecular flexibility index (Phi) is 5.29. The summed E-state index contributed by atoms with van der Waals surface area (Å²) in [6, 6.07) is 0. The first-order chi connectivity index (χ1) is 8.40. The fraction of sp³-hybridized carbons (Fsp3) is 0.538. The van der Waals surface area contributed by atoms with Gasteiger partial charge in [-0.25, -0.2) is 4.79 Å². The lowest BCUT2D eigenvalue weighted by Gasteiger charge is -2.20. The van der Waals surface area contributed by atoms with Crippen molar-refractivity contribution in [3.8, 4) is 5.40 Å². The Morgan fingerprint density at radius 1 is 1.50 bits per heavy atom. The third-order valence-electron chi connectivity index (χ3n) is 2.23. The summed E-state index contributed by atoms with van der Waals surface area (Å²) in [5.74, 6) is 0. The second-order valence-electron chi connectivity index (χ2n) is 5.01. The Hall–Kier alpha value is -1.41. The Morgan fingerprint density at radius 3 is 2.72 bits per heavy atom. The van der Waals surface area contributed by atoms with E-state index >= 15 is 0 Å².